The molecule has 2 aromatic carbocycles. The molecule has 6 heteroatoms. The zero-order valence-electron chi connectivity index (χ0n) is 13.2. The molecule has 2 rings (SSSR count). The van der Waals surface area contributed by atoms with Crippen molar-refractivity contribution in [3.63, 3.8) is 0 Å². The highest BCUT2D eigenvalue weighted by Crippen LogP contribution is 2.24. The van der Waals surface area contributed by atoms with Crippen LogP contribution in [0.15, 0.2) is 36.4 Å². The van der Waals surface area contributed by atoms with Crippen LogP contribution in [0.4, 0.5) is 4.79 Å². The van der Waals surface area contributed by atoms with Crippen LogP contribution in [0.3, 0.4) is 0 Å². The van der Waals surface area contributed by atoms with Crippen LogP contribution in [0.1, 0.15) is 13.3 Å². The second-order valence-electron chi connectivity index (χ2n) is 4.97. The van der Waals surface area contributed by atoms with Crippen LogP contribution in [0.2, 0.25) is 0 Å². The van der Waals surface area contributed by atoms with Crippen LogP contribution < -0.4 is 20.1 Å². The number of ether oxygens (including phenoxy) is 2. The molecule has 0 atom stereocenters. The molecule has 0 aliphatic carbocycles. The minimum atomic E-state index is -0.510. The monoisotopic (exact) mass is 316 g/mol. The standard InChI is InChI=1S/C17H20N2O4/c1-3-8-18-17(21)19-16(20)11-23-15-7-5-12-4-6-14(22-2)9-13(12)10-15/h4-7,9-10H,3,8,11H2,1-2H3,(H2,18,19,20,21). The summed E-state index contributed by atoms with van der Waals surface area (Å²) in [5.74, 6) is 0.805. The van der Waals surface area contributed by atoms with E-state index in [1.165, 1.54) is 0 Å². The third-order valence-corrected chi connectivity index (χ3v) is 3.18. The normalized spacial score (nSPS) is 10.2. The summed E-state index contributed by atoms with van der Waals surface area (Å²) in [7, 11) is 1.61. The van der Waals surface area contributed by atoms with E-state index in [4.69, 9.17) is 9.47 Å². The largest absolute Gasteiger partial charge is 0.497 e. The summed E-state index contributed by atoms with van der Waals surface area (Å²) >= 11 is 0. The molecule has 0 aliphatic rings. The highest BCUT2D eigenvalue weighted by atomic mass is 16.5. The number of rotatable bonds is 6. The quantitative estimate of drug-likeness (QED) is 0.858. The van der Waals surface area contributed by atoms with E-state index in [2.05, 4.69) is 10.6 Å². The number of amides is 3. The van der Waals surface area contributed by atoms with Gasteiger partial charge in [-0.3, -0.25) is 10.1 Å². The minimum absolute atomic E-state index is 0.227. The predicted molar refractivity (Wildman–Crippen MR) is 87.8 cm³/mol. The number of benzene rings is 2. The third-order valence-electron chi connectivity index (χ3n) is 3.18. The summed E-state index contributed by atoms with van der Waals surface area (Å²) in [4.78, 5) is 23.0. The molecule has 2 N–H and O–H groups in total. The summed E-state index contributed by atoms with van der Waals surface area (Å²) in [5.41, 5.74) is 0. The molecule has 0 aliphatic heterocycles. The van der Waals surface area contributed by atoms with Gasteiger partial charge in [-0.2, -0.15) is 0 Å². The van der Waals surface area contributed by atoms with Crippen molar-refractivity contribution in [1.82, 2.24) is 10.6 Å². The van der Waals surface area contributed by atoms with E-state index in [0.29, 0.717) is 12.3 Å². The average molecular weight is 316 g/mol. The molecule has 0 saturated carbocycles. The molecule has 0 spiro atoms. The van der Waals surface area contributed by atoms with Gasteiger partial charge in [0.1, 0.15) is 11.5 Å². The highest BCUT2D eigenvalue weighted by molar-refractivity contribution is 5.95. The third kappa shape index (κ3) is 4.88. The number of carbonyl (C=O) groups is 2. The lowest BCUT2D eigenvalue weighted by Gasteiger charge is -2.09. The van der Waals surface area contributed by atoms with E-state index in [1.807, 2.05) is 37.3 Å². The summed E-state index contributed by atoms with van der Waals surface area (Å²) in [6, 6.07) is 10.7. The molecule has 0 heterocycles. The number of urea groups is 1. The van der Waals surface area contributed by atoms with E-state index in [1.54, 1.807) is 13.2 Å². The first-order chi connectivity index (χ1) is 11.1. The molecule has 2 aromatic rings. The topological polar surface area (TPSA) is 76.7 Å². The first-order valence-corrected chi connectivity index (χ1v) is 7.40. The Labute approximate surface area is 134 Å². The Morgan fingerprint density at radius 2 is 1.74 bits per heavy atom. The highest BCUT2D eigenvalue weighted by Gasteiger charge is 2.08. The van der Waals surface area contributed by atoms with E-state index in [-0.39, 0.29) is 6.61 Å². The molecule has 3 amide bonds. The minimum Gasteiger partial charge on any atom is -0.497 e. The van der Waals surface area contributed by atoms with Crippen molar-refractivity contribution in [2.24, 2.45) is 0 Å². The van der Waals surface area contributed by atoms with Crippen LogP contribution in [-0.2, 0) is 4.79 Å². The molecule has 23 heavy (non-hydrogen) atoms. The fourth-order valence-electron chi connectivity index (χ4n) is 2.01. The summed E-state index contributed by atoms with van der Waals surface area (Å²) in [5, 5.41) is 6.75. The van der Waals surface area contributed by atoms with Crippen molar-refractivity contribution in [3.05, 3.63) is 36.4 Å². The lowest BCUT2D eigenvalue weighted by Crippen LogP contribution is -2.41. The summed E-state index contributed by atoms with van der Waals surface area (Å²) in [6.45, 7) is 2.22. The van der Waals surface area contributed by atoms with Gasteiger partial charge in [0.05, 0.1) is 7.11 Å². The Morgan fingerprint density at radius 3 is 2.43 bits per heavy atom. The van der Waals surface area contributed by atoms with Crippen molar-refractivity contribution in [1.29, 1.82) is 0 Å². The molecule has 122 valence electrons. The van der Waals surface area contributed by atoms with Crippen molar-refractivity contribution in [3.8, 4) is 11.5 Å². The van der Waals surface area contributed by atoms with Gasteiger partial charge < -0.3 is 14.8 Å². The number of hydrogen-bond acceptors (Lipinski definition) is 4. The first-order valence-electron chi connectivity index (χ1n) is 7.40. The number of methoxy groups -OCH3 is 1. The van der Waals surface area contributed by atoms with E-state index < -0.39 is 11.9 Å². The van der Waals surface area contributed by atoms with E-state index >= 15 is 0 Å². The molecule has 0 unspecified atom stereocenters. The maximum absolute atomic E-state index is 11.6. The Hall–Kier alpha value is -2.76. The van der Waals surface area contributed by atoms with Crippen molar-refractivity contribution in [2.45, 2.75) is 13.3 Å². The lowest BCUT2D eigenvalue weighted by atomic mass is 10.1. The average Bonchev–Trinajstić information content (AvgIpc) is 2.57. The van der Waals surface area contributed by atoms with Gasteiger partial charge in [0.2, 0.25) is 0 Å². The Bertz CT molecular complexity index is 700. The Kier molecular flexibility index (Phi) is 5.80. The molecule has 6 nitrogen and oxygen atoms in total. The van der Waals surface area contributed by atoms with Crippen molar-refractivity contribution < 1.29 is 19.1 Å². The number of carbonyl (C=O) groups excluding carboxylic acids is 2. The number of nitrogens with one attached hydrogen (secondary N) is 2. The van der Waals surface area contributed by atoms with Gasteiger partial charge in [-0.15, -0.1) is 0 Å². The van der Waals surface area contributed by atoms with Gasteiger partial charge >= 0.3 is 6.03 Å². The molecule has 0 bridgehead atoms. The predicted octanol–water partition coefficient (Wildman–Crippen LogP) is 2.46. The Morgan fingerprint density at radius 1 is 1.04 bits per heavy atom. The van der Waals surface area contributed by atoms with Crippen molar-refractivity contribution >= 4 is 22.7 Å². The van der Waals surface area contributed by atoms with Gasteiger partial charge in [-0.25, -0.2) is 4.79 Å². The fourth-order valence-corrected chi connectivity index (χ4v) is 2.01. The van der Waals surface area contributed by atoms with Crippen molar-refractivity contribution in [2.75, 3.05) is 20.3 Å². The lowest BCUT2D eigenvalue weighted by molar-refractivity contribution is -0.122. The molecule has 0 radical (unpaired) electrons. The second kappa shape index (κ2) is 8.03. The van der Waals surface area contributed by atoms with Crippen LogP contribution in [0, 0.1) is 0 Å². The second-order valence-corrected chi connectivity index (χ2v) is 4.97. The zero-order valence-corrected chi connectivity index (χ0v) is 13.2. The van der Waals surface area contributed by atoms with Gasteiger partial charge in [0, 0.05) is 6.54 Å². The molecular weight excluding hydrogens is 296 g/mol. The van der Waals surface area contributed by atoms with Crippen LogP contribution in [0.25, 0.3) is 10.8 Å². The van der Waals surface area contributed by atoms with E-state index in [9.17, 15) is 9.59 Å². The zero-order chi connectivity index (χ0) is 16.7. The van der Waals surface area contributed by atoms with Crippen LogP contribution in [-0.4, -0.2) is 32.2 Å². The van der Waals surface area contributed by atoms with Gasteiger partial charge in [0.15, 0.2) is 6.61 Å². The molecule has 0 saturated heterocycles. The maximum atomic E-state index is 11.6. The van der Waals surface area contributed by atoms with E-state index in [0.717, 1.165) is 22.9 Å². The van der Waals surface area contributed by atoms with Gasteiger partial charge in [0.25, 0.3) is 5.91 Å². The van der Waals surface area contributed by atoms with Crippen LogP contribution >= 0.6 is 0 Å². The van der Waals surface area contributed by atoms with Gasteiger partial charge in [-0.1, -0.05) is 19.1 Å². The number of hydrogen-bond donors (Lipinski definition) is 2. The smallest absolute Gasteiger partial charge is 0.321 e. The molecule has 0 aromatic heterocycles. The summed E-state index contributed by atoms with van der Waals surface area (Å²) < 4.78 is 10.6. The molecule has 0 fully saturated rings. The Balaban J connectivity index is 1.93. The maximum Gasteiger partial charge on any atom is 0.321 e. The summed E-state index contributed by atoms with van der Waals surface area (Å²) in [6.07, 6.45) is 0.804. The van der Waals surface area contributed by atoms with Crippen LogP contribution in [0.5, 0.6) is 11.5 Å². The SMILES string of the molecule is CCCNC(=O)NC(=O)COc1ccc2ccc(OC)cc2c1. The molecular formula is C17H20N2O4. The number of fused-ring (bicyclic) bond motifs is 1. The fraction of sp³-hybridized carbons (Fsp3) is 0.294. The number of imide groups is 1. The first kappa shape index (κ1) is 16.6. The van der Waals surface area contributed by atoms with Gasteiger partial charge in [-0.05, 0) is 41.5 Å².